The second-order valence-electron chi connectivity index (χ2n) is 4.44. The molecule has 0 atom stereocenters. The van der Waals surface area contributed by atoms with Crippen LogP contribution in [0.2, 0.25) is 0 Å². The van der Waals surface area contributed by atoms with E-state index in [2.05, 4.69) is 10.3 Å². The van der Waals surface area contributed by atoms with Crippen LogP contribution in [0.5, 0.6) is 0 Å². The molecular formula is C13H20FN3. The van der Waals surface area contributed by atoms with Crippen molar-refractivity contribution in [3.8, 4) is 0 Å². The van der Waals surface area contributed by atoms with Gasteiger partial charge in [0.1, 0.15) is 0 Å². The van der Waals surface area contributed by atoms with Crippen molar-refractivity contribution >= 4 is 5.82 Å². The minimum atomic E-state index is -0.177. The summed E-state index contributed by atoms with van der Waals surface area (Å²) in [7, 11) is 0. The highest BCUT2D eigenvalue weighted by Gasteiger charge is 2.21. The molecule has 0 aliphatic heterocycles. The predicted molar refractivity (Wildman–Crippen MR) is 67.6 cm³/mol. The number of hydrogen-bond donors (Lipinski definition) is 1. The van der Waals surface area contributed by atoms with Crippen LogP contribution in [-0.2, 0) is 6.54 Å². The molecule has 1 saturated carbocycles. The Balaban J connectivity index is 2.12. The SMILES string of the molecule is CCN(CC)c1nccc(CNC2CC2)c1F. The fourth-order valence-electron chi connectivity index (χ4n) is 1.89. The number of anilines is 1. The van der Waals surface area contributed by atoms with E-state index in [0.717, 1.165) is 13.1 Å². The van der Waals surface area contributed by atoms with Crippen molar-refractivity contribution in [1.29, 1.82) is 0 Å². The maximum Gasteiger partial charge on any atom is 0.170 e. The number of aromatic nitrogens is 1. The normalized spacial score (nSPS) is 15.0. The molecule has 3 nitrogen and oxygen atoms in total. The molecule has 0 saturated heterocycles. The predicted octanol–water partition coefficient (Wildman–Crippen LogP) is 2.32. The summed E-state index contributed by atoms with van der Waals surface area (Å²) in [6, 6.07) is 2.36. The number of hydrogen-bond acceptors (Lipinski definition) is 3. The first-order valence-corrected chi connectivity index (χ1v) is 6.38. The Morgan fingerprint density at radius 1 is 1.41 bits per heavy atom. The van der Waals surface area contributed by atoms with Gasteiger partial charge in [-0.05, 0) is 32.8 Å². The third-order valence-electron chi connectivity index (χ3n) is 3.17. The summed E-state index contributed by atoms with van der Waals surface area (Å²) < 4.78 is 14.2. The van der Waals surface area contributed by atoms with Gasteiger partial charge in [0.2, 0.25) is 0 Å². The van der Waals surface area contributed by atoms with Gasteiger partial charge in [-0.2, -0.15) is 0 Å². The first-order valence-electron chi connectivity index (χ1n) is 6.38. The van der Waals surface area contributed by atoms with Crippen molar-refractivity contribution in [1.82, 2.24) is 10.3 Å². The average molecular weight is 237 g/mol. The van der Waals surface area contributed by atoms with Crippen molar-refractivity contribution in [2.45, 2.75) is 39.3 Å². The zero-order chi connectivity index (χ0) is 12.3. The summed E-state index contributed by atoms with van der Waals surface area (Å²) in [5.41, 5.74) is 0.716. The Hall–Kier alpha value is -1.16. The van der Waals surface area contributed by atoms with E-state index in [0.29, 0.717) is 24.0 Å². The maximum absolute atomic E-state index is 14.2. The Labute approximate surface area is 102 Å². The minimum absolute atomic E-state index is 0.177. The van der Waals surface area contributed by atoms with E-state index in [1.54, 1.807) is 12.3 Å². The standard InChI is InChI=1S/C13H20FN3/c1-3-17(4-2)13-12(14)10(7-8-15-13)9-16-11-5-6-11/h7-8,11,16H,3-6,9H2,1-2H3. The molecule has 0 aromatic carbocycles. The highest BCUT2D eigenvalue weighted by Crippen LogP contribution is 2.22. The van der Waals surface area contributed by atoms with Crippen molar-refractivity contribution in [3.05, 3.63) is 23.6 Å². The van der Waals surface area contributed by atoms with E-state index >= 15 is 0 Å². The van der Waals surface area contributed by atoms with Crippen LogP contribution in [0.25, 0.3) is 0 Å². The summed E-state index contributed by atoms with van der Waals surface area (Å²) in [4.78, 5) is 6.09. The van der Waals surface area contributed by atoms with Gasteiger partial charge >= 0.3 is 0 Å². The van der Waals surface area contributed by atoms with Crippen molar-refractivity contribution in [2.24, 2.45) is 0 Å². The summed E-state index contributed by atoms with van der Waals surface area (Å²) >= 11 is 0. The first-order chi connectivity index (χ1) is 8.26. The largest absolute Gasteiger partial charge is 0.355 e. The molecule has 94 valence electrons. The number of nitrogens with zero attached hydrogens (tertiary/aromatic N) is 2. The van der Waals surface area contributed by atoms with Crippen molar-refractivity contribution in [2.75, 3.05) is 18.0 Å². The van der Waals surface area contributed by atoms with Gasteiger partial charge in [-0.15, -0.1) is 0 Å². The highest BCUT2D eigenvalue weighted by atomic mass is 19.1. The fraction of sp³-hybridized carbons (Fsp3) is 0.615. The molecule has 1 heterocycles. The Morgan fingerprint density at radius 2 is 2.12 bits per heavy atom. The first kappa shape index (κ1) is 12.3. The van der Waals surface area contributed by atoms with Gasteiger partial charge in [-0.1, -0.05) is 0 Å². The molecule has 0 amide bonds. The molecular weight excluding hydrogens is 217 g/mol. The second kappa shape index (κ2) is 5.45. The van der Waals surface area contributed by atoms with Gasteiger partial charge in [-0.25, -0.2) is 9.37 Å². The van der Waals surface area contributed by atoms with Crippen molar-refractivity contribution in [3.63, 3.8) is 0 Å². The number of halogens is 1. The molecule has 0 bridgehead atoms. The molecule has 0 radical (unpaired) electrons. The summed E-state index contributed by atoms with van der Waals surface area (Å²) in [5.74, 6) is 0.300. The monoisotopic (exact) mass is 237 g/mol. The van der Waals surface area contributed by atoms with Gasteiger partial charge in [0, 0.05) is 37.4 Å². The topological polar surface area (TPSA) is 28.2 Å². The molecule has 0 spiro atoms. The summed E-state index contributed by atoms with van der Waals surface area (Å²) in [5, 5.41) is 3.33. The smallest absolute Gasteiger partial charge is 0.170 e. The molecule has 1 aromatic rings. The molecule has 1 N–H and O–H groups in total. The quantitative estimate of drug-likeness (QED) is 0.823. The van der Waals surface area contributed by atoms with Crippen LogP contribution in [-0.4, -0.2) is 24.1 Å². The van der Waals surface area contributed by atoms with Gasteiger partial charge in [0.25, 0.3) is 0 Å². The number of pyridine rings is 1. The average Bonchev–Trinajstić information content (AvgIpc) is 3.15. The van der Waals surface area contributed by atoms with E-state index in [9.17, 15) is 4.39 Å². The molecule has 1 aliphatic rings. The number of rotatable bonds is 6. The lowest BCUT2D eigenvalue weighted by atomic mass is 10.2. The van der Waals surface area contributed by atoms with Crippen LogP contribution >= 0.6 is 0 Å². The lowest BCUT2D eigenvalue weighted by Gasteiger charge is -2.21. The summed E-state index contributed by atoms with van der Waals surface area (Å²) in [6.45, 7) is 6.19. The van der Waals surface area contributed by atoms with Crippen LogP contribution in [0.1, 0.15) is 32.3 Å². The van der Waals surface area contributed by atoms with E-state index in [4.69, 9.17) is 0 Å². The summed E-state index contributed by atoms with van der Waals surface area (Å²) in [6.07, 6.45) is 4.13. The lowest BCUT2D eigenvalue weighted by molar-refractivity contribution is 0.576. The lowest BCUT2D eigenvalue weighted by Crippen LogP contribution is -2.25. The van der Waals surface area contributed by atoms with E-state index in [1.807, 2.05) is 18.7 Å². The van der Waals surface area contributed by atoms with Gasteiger partial charge in [0.15, 0.2) is 11.6 Å². The molecule has 4 heteroatoms. The minimum Gasteiger partial charge on any atom is -0.355 e. The molecule has 1 aromatic heterocycles. The van der Waals surface area contributed by atoms with Gasteiger partial charge in [0.05, 0.1) is 0 Å². The van der Waals surface area contributed by atoms with E-state index in [-0.39, 0.29) is 5.82 Å². The van der Waals surface area contributed by atoms with E-state index < -0.39 is 0 Å². The van der Waals surface area contributed by atoms with Crippen LogP contribution in [0.4, 0.5) is 10.2 Å². The fourth-order valence-corrected chi connectivity index (χ4v) is 1.89. The van der Waals surface area contributed by atoms with Crippen LogP contribution < -0.4 is 10.2 Å². The third kappa shape index (κ3) is 2.94. The Bertz CT molecular complexity index is 373. The highest BCUT2D eigenvalue weighted by molar-refractivity contribution is 5.42. The second-order valence-corrected chi connectivity index (χ2v) is 4.44. The Morgan fingerprint density at radius 3 is 2.71 bits per heavy atom. The molecule has 1 aliphatic carbocycles. The zero-order valence-electron chi connectivity index (χ0n) is 10.5. The van der Waals surface area contributed by atoms with Crippen LogP contribution in [0.3, 0.4) is 0 Å². The Kier molecular flexibility index (Phi) is 3.94. The molecule has 1 fully saturated rings. The molecule has 17 heavy (non-hydrogen) atoms. The third-order valence-corrected chi connectivity index (χ3v) is 3.17. The van der Waals surface area contributed by atoms with Gasteiger partial charge < -0.3 is 10.2 Å². The van der Waals surface area contributed by atoms with Gasteiger partial charge in [-0.3, -0.25) is 0 Å². The van der Waals surface area contributed by atoms with Crippen LogP contribution in [0.15, 0.2) is 12.3 Å². The molecule has 2 rings (SSSR count). The van der Waals surface area contributed by atoms with Crippen LogP contribution in [0, 0.1) is 5.82 Å². The maximum atomic E-state index is 14.2. The molecule has 0 unspecified atom stereocenters. The number of nitrogens with one attached hydrogen (secondary N) is 1. The van der Waals surface area contributed by atoms with Crippen molar-refractivity contribution < 1.29 is 4.39 Å². The zero-order valence-corrected chi connectivity index (χ0v) is 10.5. The van der Waals surface area contributed by atoms with E-state index in [1.165, 1.54) is 12.8 Å².